The number of hydroxylamine groups is 1. The highest BCUT2D eigenvalue weighted by molar-refractivity contribution is 6.08. The molecule has 0 aliphatic carbocycles. The van der Waals surface area contributed by atoms with Crippen molar-refractivity contribution in [2.45, 2.75) is 0 Å². The summed E-state index contributed by atoms with van der Waals surface area (Å²) in [5.41, 5.74) is 5.67. The molecule has 0 saturated heterocycles. The molecule has 7 nitrogen and oxygen atoms in total. The predicted octanol–water partition coefficient (Wildman–Crippen LogP) is 5.54. The lowest BCUT2D eigenvalue weighted by atomic mass is 10.1. The summed E-state index contributed by atoms with van der Waals surface area (Å²) in [7, 11) is 0. The largest absolute Gasteiger partial charge is 0.489 e. The first-order chi connectivity index (χ1) is 17.6. The lowest BCUT2D eigenvalue weighted by Gasteiger charge is -2.12. The van der Waals surface area contributed by atoms with Crippen molar-refractivity contribution >= 4 is 45.4 Å². The molecule has 1 heterocycles. The van der Waals surface area contributed by atoms with Crippen molar-refractivity contribution in [3.8, 4) is 5.75 Å². The van der Waals surface area contributed by atoms with Crippen LogP contribution in [0.25, 0.3) is 27.9 Å². The second-order valence-electron chi connectivity index (χ2n) is 8.22. The van der Waals surface area contributed by atoms with E-state index in [0.717, 1.165) is 21.8 Å². The number of rotatable bonds is 7. The Bertz CT molecular complexity index is 1570. The van der Waals surface area contributed by atoms with Crippen molar-refractivity contribution in [3.63, 3.8) is 0 Å². The van der Waals surface area contributed by atoms with Gasteiger partial charge in [-0.25, -0.2) is 5.48 Å². The van der Waals surface area contributed by atoms with Gasteiger partial charge >= 0.3 is 0 Å². The fourth-order valence-corrected chi connectivity index (χ4v) is 3.99. The first kappa shape index (κ1) is 22.9. The SMILES string of the molecule is O=C(Nc1ccccc1)C(=Cc1ccc(C(=O)NO)cc1)COc1ccc2c(c1)[nH]c1ccccc12. The number of ether oxygens (including phenoxy) is 1. The van der Waals surface area contributed by atoms with E-state index in [1.165, 1.54) is 0 Å². The number of nitrogens with one attached hydrogen (secondary N) is 3. The average molecular weight is 478 g/mol. The predicted molar refractivity (Wildman–Crippen MR) is 140 cm³/mol. The van der Waals surface area contributed by atoms with Gasteiger partial charge in [0.25, 0.3) is 11.8 Å². The Morgan fingerprint density at radius 2 is 1.56 bits per heavy atom. The molecular formula is C29H23N3O4. The van der Waals surface area contributed by atoms with Crippen LogP contribution in [0.4, 0.5) is 5.69 Å². The zero-order valence-electron chi connectivity index (χ0n) is 19.2. The number of para-hydroxylation sites is 2. The Hall–Kier alpha value is -4.88. The summed E-state index contributed by atoms with van der Waals surface area (Å²) in [6, 6.07) is 29.6. The van der Waals surface area contributed by atoms with Crippen LogP contribution in [0.1, 0.15) is 15.9 Å². The van der Waals surface area contributed by atoms with Gasteiger partial charge in [-0.3, -0.25) is 14.8 Å². The molecule has 0 radical (unpaired) electrons. The molecule has 0 bridgehead atoms. The number of anilines is 1. The Labute approximate surface area is 207 Å². The minimum atomic E-state index is -0.608. The number of hydrogen-bond acceptors (Lipinski definition) is 4. The molecule has 4 N–H and O–H groups in total. The van der Waals surface area contributed by atoms with E-state index in [9.17, 15) is 9.59 Å². The standard InChI is InChI=1S/C29H23N3O4/c33-28(30-22-6-2-1-3-7-22)21(16-19-10-12-20(13-11-19)29(34)32-35)18-36-23-14-15-25-24-8-4-5-9-26(24)31-27(25)17-23/h1-17,31,35H,18H2,(H,30,33)(H,32,34). The Morgan fingerprint density at radius 1 is 0.833 bits per heavy atom. The van der Waals surface area contributed by atoms with Crippen molar-refractivity contribution in [1.82, 2.24) is 10.5 Å². The molecule has 0 saturated carbocycles. The molecule has 0 atom stereocenters. The van der Waals surface area contributed by atoms with Crippen LogP contribution in [-0.2, 0) is 4.79 Å². The molecule has 7 heteroatoms. The van der Waals surface area contributed by atoms with Gasteiger partial charge < -0.3 is 15.0 Å². The summed E-state index contributed by atoms with van der Waals surface area (Å²) in [6.45, 7) is 0.0310. The van der Waals surface area contributed by atoms with Crippen molar-refractivity contribution in [2.75, 3.05) is 11.9 Å². The Balaban J connectivity index is 1.40. The van der Waals surface area contributed by atoms with E-state index in [0.29, 0.717) is 28.1 Å². The van der Waals surface area contributed by atoms with Crippen LogP contribution in [0, 0.1) is 0 Å². The molecule has 178 valence electrons. The average Bonchev–Trinajstić information content (AvgIpc) is 3.29. The van der Waals surface area contributed by atoms with Crippen molar-refractivity contribution in [3.05, 3.63) is 114 Å². The summed E-state index contributed by atoms with van der Waals surface area (Å²) >= 11 is 0. The molecule has 5 rings (SSSR count). The quantitative estimate of drug-likeness (QED) is 0.140. The fourth-order valence-electron chi connectivity index (χ4n) is 3.99. The number of carbonyl (C=O) groups excluding carboxylic acids is 2. The molecule has 5 aromatic rings. The van der Waals surface area contributed by atoms with Gasteiger partial charge in [0.05, 0.1) is 11.1 Å². The van der Waals surface area contributed by atoms with E-state index >= 15 is 0 Å². The van der Waals surface area contributed by atoms with E-state index in [1.54, 1.807) is 35.8 Å². The van der Waals surface area contributed by atoms with Gasteiger partial charge in [0.15, 0.2) is 0 Å². The van der Waals surface area contributed by atoms with Crippen molar-refractivity contribution < 1.29 is 19.5 Å². The van der Waals surface area contributed by atoms with E-state index in [4.69, 9.17) is 9.94 Å². The summed E-state index contributed by atoms with van der Waals surface area (Å²) in [4.78, 5) is 28.1. The monoisotopic (exact) mass is 477 g/mol. The maximum absolute atomic E-state index is 13.1. The number of amides is 2. The molecule has 0 spiro atoms. The van der Waals surface area contributed by atoms with Gasteiger partial charge in [-0.2, -0.15) is 0 Å². The highest BCUT2D eigenvalue weighted by Crippen LogP contribution is 2.28. The lowest BCUT2D eigenvalue weighted by molar-refractivity contribution is -0.113. The van der Waals surface area contributed by atoms with Crippen molar-refractivity contribution in [1.29, 1.82) is 0 Å². The van der Waals surface area contributed by atoms with Crippen LogP contribution in [0.3, 0.4) is 0 Å². The summed E-state index contributed by atoms with van der Waals surface area (Å²) < 4.78 is 6.04. The first-order valence-corrected chi connectivity index (χ1v) is 11.4. The third-order valence-corrected chi connectivity index (χ3v) is 5.81. The van der Waals surface area contributed by atoms with Crippen LogP contribution in [0.2, 0.25) is 0 Å². The number of aromatic nitrogens is 1. The molecule has 1 aromatic heterocycles. The van der Waals surface area contributed by atoms with Crippen molar-refractivity contribution in [2.24, 2.45) is 0 Å². The fraction of sp³-hybridized carbons (Fsp3) is 0.0345. The molecule has 2 amide bonds. The van der Waals surface area contributed by atoms with E-state index in [-0.39, 0.29) is 12.5 Å². The molecular weight excluding hydrogens is 454 g/mol. The van der Waals surface area contributed by atoms with E-state index < -0.39 is 5.91 Å². The first-order valence-electron chi connectivity index (χ1n) is 11.4. The summed E-state index contributed by atoms with van der Waals surface area (Å²) in [5.74, 6) is -0.282. The normalized spacial score (nSPS) is 11.4. The van der Waals surface area contributed by atoms with Crippen LogP contribution in [0.5, 0.6) is 5.75 Å². The molecule has 0 unspecified atom stereocenters. The molecule has 36 heavy (non-hydrogen) atoms. The second-order valence-corrected chi connectivity index (χ2v) is 8.22. The molecule has 0 fully saturated rings. The van der Waals surface area contributed by atoms with Gasteiger partial charge in [-0.1, -0.05) is 48.5 Å². The summed E-state index contributed by atoms with van der Waals surface area (Å²) in [5, 5.41) is 14.0. The number of hydrogen-bond donors (Lipinski definition) is 4. The minimum Gasteiger partial charge on any atom is -0.489 e. The van der Waals surface area contributed by atoms with Crippen LogP contribution in [-0.4, -0.2) is 28.6 Å². The minimum absolute atomic E-state index is 0.0310. The van der Waals surface area contributed by atoms with Gasteiger partial charge in [0, 0.05) is 33.6 Å². The Morgan fingerprint density at radius 3 is 2.33 bits per heavy atom. The van der Waals surface area contributed by atoms with Gasteiger partial charge in [0.1, 0.15) is 12.4 Å². The third-order valence-electron chi connectivity index (χ3n) is 5.81. The van der Waals surface area contributed by atoms with E-state index in [1.807, 2.05) is 66.7 Å². The summed E-state index contributed by atoms with van der Waals surface area (Å²) in [6.07, 6.45) is 1.71. The molecule has 0 aliphatic rings. The van der Waals surface area contributed by atoms with Crippen LogP contribution >= 0.6 is 0 Å². The molecule has 0 aliphatic heterocycles. The third kappa shape index (κ3) is 4.96. The maximum Gasteiger partial charge on any atom is 0.274 e. The van der Waals surface area contributed by atoms with Gasteiger partial charge in [0.2, 0.25) is 0 Å². The zero-order chi connectivity index (χ0) is 24.9. The van der Waals surface area contributed by atoms with Gasteiger partial charge in [-0.05, 0) is 54.1 Å². The smallest absolute Gasteiger partial charge is 0.274 e. The number of fused-ring (bicyclic) bond motifs is 3. The van der Waals surface area contributed by atoms with Crippen LogP contribution < -0.4 is 15.5 Å². The van der Waals surface area contributed by atoms with E-state index in [2.05, 4.69) is 16.4 Å². The highest BCUT2D eigenvalue weighted by Gasteiger charge is 2.13. The zero-order valence-corrected chi connectivity index (χ0v) is 19.2. The highest BCUT2D eigenvalue weighted by atomic mass is 16.5. The second kappa shape index (κ2) is 10.2. The molecule has 4 aromatic carbocycles. The number of benzene rings is 4. The topological polar surface area (TPSA) is 103 Å². The van der Waals surface area contributed by atoms with Gasteiger partial charge in [-0.15, -0.1) is 0 Å². The number of H-pyrrole nitrogens is 1. The maximum atomic E-state index is 13.1. The Kier molecular flexibility index (Phi) is 6.46. The van der Waals surface area contributed by atoms with Crippen LogP contribution in [0.15, 0.2) is 103 Å². The number of carbonyl (C=O) groups is 2. The lowest BCUT2D eigenvalue weighted by Crippen LogP contribution is -2.19. The number of aromatic amines is 1.